The molecule has 18 heavy (non-hydrogen) atoms. The van der Waals surface area contributed by atoms with Gasteiger partial charge in [0.2, 0.25) is 11.8 Å². The quantitative estimate of drug-likeness (QED) is 0.914. The maximum Gasteiger partial charge on any atom is 0.249 e. The Balaban J connectivity index is 2.04. The van der Waals surface area contributed by atoms with Gasteiger partial charge in [-0.1, -0.05) is 23.7 Å². The number of hydrogen-bond acceptors (Lipinski definition) is 5. The highest BCUT2D eigenvalue weighted by atomic mass is 35.5. The van der Waals surface area contributed by atoms with Crippen LogP contribution >= 0.6 is 23.4 Å². The summed E-state index contributed by atoms with van der Waals surface area (Å²) >= 11 is 7.74. The molecule has 1 unspecified atom stereocenters. The summed E-state index contributed by atoms with van der Waals surface area (Å²) in [6.45, 7) is 1.97. The molecule has 0 aliphatic heterocycles. The molecule has 2 N–H and O–H groups in total. The summed E-state index contributed by atoms with van der Waals surface area (Å²) in [6, 6.07) is 7.57. The largest absolute Gasteiger partial charge is 0.420 e. The molecule has 4 nitrogen and oxygen atoms in total. The molecular formula is C12H14ClN3OS. The third-order valence-electron chi connectivity index (χ3n) is 2.18. The van der Waals surface area contributed by atoms with Gasteiger partial charge in [0.05, 0.1) is 16.3 Å². The summed E-state index contributed by atoms with van der Waals surface area (Å²) < 4.78 is 5.56. The van der Waals surface area contributed by atoms with E-state index in [1.807, 2.05) is 25.1 Å². The van der Waals surface area contributed by atoms with E-state index in [4.69, 9.17) is 21.8 Å². The molecule has 0 spiro atoms. The molecular weight excluding hydrogens is 270 g/mol. The number of thioether (sulfide) groups is 1. The van der Waals surface area contributed by atoms with E-state index in [0.717, 1.165) is 11.3 Å². The molecule has 0 saturated heterocycles. The zero-order valence-corrected chi connectivity index (χ0v) is 11.5. The summed E-state index contributed by atoms with van der Waals surface area (Å²) in [5.41, 5.74) is 6.43. The van der Waals surface area contributed by atoms with Crippen LogP contribution < -0.4 is 5.73 Å². The zero-order chi connectivity index (χ0) is 13.0. The highest BCUT2D eigenvalue weighted by molar-refractivity contribution is 7.98. The maximum atomic E-state index is 6.06. The van der Waals surface area contributed by atoms with Crippen LogP contribution in [-0.4, -0.2) is 22.0 Å². The second kappa shape index (κ2) is 6.22. The standard InChI is InChI=1S/C12H14ClN3OS/c1-8(14)6-18-7-11-15-16-12(17-11)9-4-2-3-5-10(9)13/h2-5,8H,6-7,14H2,1H3. The van der Waals surface area contributed by atoms with E-state index in [2.05, 4.69) is 10.2 Å². The number of aromatic nitrogens is 2. The van der Waals surface area contributed by atoms with Gasteiger partial charge in [-0.05, 0) is 19.1 Å². The fraction of sp³-hybridized carbons (Fsp3) is 0.333. The average molecular weight is 284 g/mol. The number of rotatable bonds is 5. The van der Waals surface area contributed by atoms with Crippen LogP contribution in [0.5, 0.6) is 0 Å². The first-order valence-corrected chi connectivity index (χ1v) is 7.10. The third kappa shape index (κ3) is 3.48. The Bertz CT molecular complexity index is 516. The van der Waals surface area contributed by atoms with Crippen molar-refractivity contribution in [1.29, 1.82) is 0 Å². The van der Waals surface area contributed by atoms with Crippen molar-refractivity contribution < 1.29 is 4.42 Å². The number of nitrogens with two attached hydrogens (primary N) is 1. The van der Waals surface area contributed by atoms with Crippen molar-refractivity contribution in [3.63, 3.8) is 0 Å². The third-order valence-corrected chi connectivity index (χ3v) is 3.72. The molecule has 0 amide bonds. The minimum absolute atomic E-state index is 0.168. The number of halogens is 1. The predicted octanol–water partition coefficient (Wildman–Crippen LogP) is 2.97. The zero-order valence-electron chi connectivity index (χ0n) is 9.97. The van der Waals surface area contributed by atoms with E-state index in [1.165, 1.54) is 0 Å². The molecule has 0 fully saturated rings. The lowest BCUT2D eigenvalue weighted by Gasteiger charge is -2.01. The summed E-state index contributed by atoms with van der Waals surface area (Å²) in [5, 5.41) is 8.60. The van der Waals surface area contributed by atoms with E-state index in [9.17, 15) is 0 Å². The van der Waals surface area contributed by atoms with Gasteiger partial charge >= 0.3 is 0 Å². The first kappa shape index (κ1) is 13.4. The minimum Gasteiger partial charge on any atom is -0.420 e. The molecule has 6 heteroatoms. The average Bonchev–Trinajstić information content (AvgIpc) is 2.78. The molecule has 0 aliphatic carbocycles. The van der Waals surface area contributed by atoms with Gasteiger partial charge in [-0.15, -0.1) is 10.2 Å². The highest BCUT2D eigenvalue weighted by Crippen LogP contribution is 2.26. The summed E-state index contributed by atoms with van der Waals surface area (Å²) in [4.78, 5) is 0. The first-order valence-electron chi connectivity index (χ1n) is 5.57. The van der Waals surface area contributed by atoms with Crippen molar-refractivity contribution in [3.05, 3.63) is 35.2 Å². The van der Waals surface area contributed by atoms with Gasteiger partial charge in [0.25, 0.3) is 0 Å². The Hall–Kier alpha value is -1.04. The van der Waals surface area contributed by atoms with Crippen molar-refractivity contribution in [2.45, 2.75) is 18.7 Å². The first-order chi connectivity index (χ1) is 8.66. The van der Waals surface area contributed by atoms with Crippen LogP contribution in [0.2, 0.25) is 5.02 Å². The lowest BCUT2D eigenvalue weighted by molar-refractivity contribution is 0.528. The van der Waals surface area contributed by atoms with Crippen molar-refractivity contribution in [3.8, 4) is 11.5 Å². The van der Waals surface area contributed by atoms with Crippen LogP contribution in [0.4, 0.5) is 0 Å². The maximum absolute atomic E-state index is 6.06. The van der Waals surface area contributed by atoms with E-state index < -0.39 is 0 Å². The molecule has 1 atom stereocenters. The summed E-state index contributed by atoms with van der Waals surface area (Å²) in [5.74, 6) is 2.58. The smallest absolute Gasteiger partial charge is 0.249 e. The molecule has 0 saturated carbocycles. The van der Waals surface area contributed by atoms with Crippen LogP contribution in [-0.2, 0) is 5.75 Å². The lowest BCUT2D eigenvalue weighted by Crippen LogP contribution is -2.17. The summed E-state index contributed by atoms with van der Waals surface area (Å²) in [7, 11) is 0. The van der Waals surface area contributed by atoms with Crippen molar-refractivity contribution in [1.82, 2.24) is 10.2 Å². The number of hydrogen-bond donors (Lipinski definition) is 1. The van der Waals surface area contributed by atoms with Crippen LogP contribution in [0, 0.1) is 0 Å². The Morgan fingerprint density at radius 3 is 2.89 bits per heavy atom. The molecule has 96 valence electrons. The molecule has 0 bridgehead atoms. The molecule has 2 rings (SSSR count). The van der Waals surface area contributed by atoms with Gasteiger partial charge in [0.1, 0.15) is 0 Å². The van der Waals surface area contributed by atoms with E-state index >= 15 is 0 Å². The topological polar surface area (TPSA) is 64.9 Å². The second-order valence-electron chi connectivity index (χ2n) is 3.97. The molecule has 1 aromatic carbocycles. The van der Waals surface area contributed by atoms with Crippen LogP contribution in [0.1, 0.15) is 12.8 Å². The van der Waals surface area contributed by atoms with E-state index in [1.54, 1.807) is 17.8 Å². The van der Waals surface area contributed by atoms with Gasteiger partial charge in [0, 0.05) is 11.8 Å². The minimum atomic E-state index is 0.168. The van der Waals surface area contributed by atoms with Gasteiger partial charge in [-0.2, -0.15) is 11.8 Å². The van der Waals surface area contributed by atoms with Crippen molar-refractivity contribution >= 4 is 23.4 Å². The Labute approximate surface area is 115 Å². The summed E-state index contributed by atoms with van der Waals surface area (Å²) in [6.07, 6.45) is 0. The number of benzene rings is 1. The van der Waals surface area contributed by atoms with E-state index in [0.29, 0.717) is 22.6 Å². The van der Waals surface area contributed by atoms with Gasteiger partial charge in [0.15, 0.2) is 0 Å². The second-order valence-corrected chi connectivity index (χ2v) is 5.41. The normalized spacial score (nSPS) is 12.6. The lowest BCUT2D eigenvalue weighted by atomic mass is 10.2. The van der Waals surface area contributed by atoms with E-state index in [-0.39, 0.29) is 6.04 Å². The van der Waals surface area contributed by atoms with Crippen molar-refractivity contribution in [2.24, 2.45) is 5.73 Å². The molecule has 1 heterocycles. The molecule has 2 aromatic rings. The van der Waals surface area contributed by atoms with Gasteiger partial charge < -0.3 is 10.2 Å². The highest BCUT2D eigenvalue weighted by Gasteiger charge is 2.11. The predicted molar refractivity (Wildman–Crippen MR) is 74.6 cm³/mol. The Morgan fingerprint density at radius 1 is 1.39 bits per heavy atom. The molecule has 0 radical (unpaired) electrons. The van der Waals surface area contributed by atoms with Crippen LogP contribution in [0.3, 0.4) is 0 Å². The Kier molecular flexibility index (Phi) is 4.63. The van der Waals surface area contributed by atoms with Crippen LogP contribution in [0.15, 0.2) is 28.7 Å². The van der Waals surface area contributed by atoms with Gasteiger partial charge in [-0.25, -0.2) is 0 Å². The number of nitrogens with zero attached hydrogens (tertiary/aromatic N) is 2. The monoisotopic (exact) mass is 283 g/mol. The Morgan fingerprint density at radius 2 is 2.17 bits per heavy atom. The van der Waals surface area contributed by atoms with Gasteiger partial charge in [-0.3, -0.25) is 0 Å². The van der Waals surface area contributed by atoms with Crippen molar-refractivity contribution in [2.75, 3.05) is 5.75 Å². The molecule has 0 aliphatic rings. The fourth-order valence-electron chi connectivity index (χ4n) is 1.39. The van der Waals surface area contributed by atoms with Crippen LogP contribution in [0.25, 0.3) is 11.5 Å². The fourth-order valence-corrected chi connectivity index (χ4v) is 2.39. The molecule has 1 aromatic heterocycles. The SMILES string of the molecule is CC(N)CSCc1nnc(-c2ccccc2Cl)o1.